The number of para-hydroxylation sites is 4. The highest BCUT2D eigenvalue weighted by atomic mass is 15.0. The highest BCUT2D eigenvalue weighted by Gasteiger charge is 2.21. The fourth-order valence-corrected chi connectivity index (χ4v) is 7.26. The third-order valence-corrected chi connectivity index (χ3v) is 9.38. The number of aromatic nitrogens is 2. The monoisotopic (exact) mass is 610 g/mol. The van der Waals surface area contributed by atoms with Gasteiger partial charge in [0.2, 0.25) is 5.69 Å². The van der Waals surface area contributed by atoms with Gasteiger partial charge in [0.1, 0.15) is 0 Å². The van der Waals surface area contributed by atoms with Crippen LogP contribution in [0, 0.1) is 13.1 Å². The maximum atomic E-state index is 8.23. The lowest BCUT2D eigenvalue weighted by atomic mass is 9.96. The Morgan fingerprint density at radius 3 is 1.42 bits per heavy atom. The van der Waals surface area contributed by atoms with E-state index < -0.39 is 0 Å². The van der Waals surface area contributed by atoms with E-state index in [9.17, 15) is 0 Å². The molecule has 0 aliphatic rings. The lowest BCUT2D eigenvalue weighted by Gasteiger charge is -2.18. The quantitative estimate of drug-likeness (QED) is 0.177. The maximum Gasteiger partial charge on any atom is 0.218 e. The normalized spacial score (nSPS) is 11.3. The summed E-state index contributed by atoms with van der Waals surface area (Å²) in [4.78, 5) is 7.73. The van der Waals surface area contributed by atoms with Crippen molar-refractivity contribution >= 4 is 55.0 Å². The zero-order valence-electron chi connectivity index (χ0n) is 25.8. The van der Waals surface area contributed by atoms with Crippen molar-refractivity contribution in [3.05, 3.63) is 181 Å². The molecule has 0 aliphatic carbocycles. The van der Waals surface area contributed by atoms with Crippen LogP contribution in [0.2, 0.25) is 0 Å². The molecule has 4 nitrogen and oxygen atoms in total. The van der Waals surface area contributed by atoms with Crippen LogP contribution in [-0.4, -0.2) is 9.13 Å². The fraction of sp³-hybridized carbons (Fsp3) is 0. The third kappa shape index (κ3) is 4.07. The number of nitrogens with zero attached hydrogens (tertiary/aromatic N) is 4. The lowest BCUT2D eigenvalue weighted by molar-refractivity contribution is 1.18. The van der Waals surface area contributed by atoms with Crippen LogP contribution >= 0.6 is 0 Å². The van der Waals surface area contributed by atoms with Crippen LogP contribution in [0.1, 0.15) is 0 Å². The first-order valence-corrected chi connectivity index (χ1v) is 15.8. The second kappa shape index (κ2) is 10.9. The van der Waals surface area contributed by atoms with Gasteiger partial charge in [0, 0.05) is 32.9 Å². The highest BCUT2D eigenvalue weighted by molar-refractivity contribution is 6.11. The molecule has 0 amide bonds. The maximum absolute atomic E-state index is 8.23. The van der Waals surface area contributed by atoms with E-state index >= 15 is 0 Å². The molecule has 0 unspecified atom stereocenters. The predicted molar refractivity (Wildman–Crippen MR) is 199 cm³/mol. The van der Waals surface area contributed by atoms with E-state index in [1.165, 1.54) is 21.8 Å². The van der Waals surface area contributed by atoms with Gasteiger partial charge in [0.05, 0.1) is 35.2 Å². The van der Waals surface area contributed by atoms with E-state index in [-0.39, 0.29) is 0 Å². The summed E-state index contributed by atoms with van der Waals surface area (Å²) in [6.07, 6.45) is 0. The minimum Gasteiger partial charge on any atom is -0.320 e. The first-order valence-electron chi connectivity index (χ1n) is 15.8. The number of rotatable bonds is 4. The van der Waals surface area contributed by atoms with Gasteiger partial charge in [-0.2, -0.15) is 0 Å². The molecule has 0 saturated carbocycles. The summed E-state index contributed by atoms with van der Waals surface area (Å²) >= 11 is 0. The molecular weight excluding hydrogens is 585 g/mol. The van der Waals surface area contributed by atoms with Gasteiger partial charge in [-0.15, -0.1) is 0 Å². The van der Waals surface area contributed by atoms with Gasteiger partial charge < -0.3 is 9.13 Å². The zero-order chi connectivity index (χ0) is 32.2. The van der Waals surface area contributed by atoms with Crippen LogP contribution in [0.5, 0.6) is 0 Å². The van der Waals surface area contributed by atoms with Crippen molar-refractivity contribution < 1.29 is 0 Å². The molecule has 9 rings (SSSR count). The third-order valence-electron chi connectivity index (χ3n) is 9.38. The second-order valence-corrected chi connectivity index (χ2v) is 11.9. The topological polar surface area (TPSA) is 18.6 Å². The van der Waals surface area contributed by atoms with Crippen LogP contribution in [0.3, 0.4) is 0 Å². The molecule has 7 aromatic carbocycles. The van der Waals surface area contributed by atoms with Crippen molar-refractivity contribution in [3.8, 4) is 33.6 Å². The molecule has 0 spiro atoms. The van der Waals surface area contributed by atoms with Crippen LogP contribution in [0.4, 0.5) is 11.4 Å². The summed E-state index contributed by atoms with van der Waals surface area (Å²) < 4.78 is 4.49. The summed E-state index contributed by atoms with van der Waals surface area (Å²) in [5.41, 5.74) is 11.0. The van der Waals surface area contributed by atoms with Gasteiger partial charge in [0.25, 0.3) is 0 Å². The summed E-state index contributed by atoms with van der Waals surface area (Å²) in [7, 11) is 0. The van der Waals surface area contributed by atoms with Crippen molar-refractivity contribution in [1.82, 2.24) is 9.13 Å². The number of benzene rings is 7. The van der Waals surface area contributed by atoms with E-state index in [1.807, 2.05) is 30.3 Å². The smallest absolute Gasteiger partial charge is 0.218 e. The molecular formula is C44H26N4. The first-order chi connectivity index (χ1) is 23.7. The Hall–Kier alpha value is -6.88. The molecule has 4 heteroatoms. The van der Waals surface area contributed by atoms with Crippen LogP contribution in [0.25, 0.3) is 86.9 Å². The highest BCUT2D eigenvalue weighted by Crippen LogP contribution is 2.45. The predicted octanol–water partition coefficient (Wildman–Crippen LogP) is 12.3. The van der Waals surface area contributed by atoms with Gasteiger partial charge in [-0.05, 0) is 64.7 Å². The van der Waals surface area contributed by atoms with E-state index in [0.29, 0.717) is 11.4 Å². The van der Waals surface area contributed by atoms with Gasteiger partial charge in [-0.25, -0.2) is 4.85 Å². The van der Waals surface area contributed by atoms with E-state index in [1.54, 1.807) is 6.07 Å². The zero-order valence-corrected chi connectivity index (χ0v) is 25.8. The van der Waals surface area contributed by atoms with Crippen LogP contribution < -0.4 is 0 Å². The molecule has 0 bridgehead atoms. The lowest BCUT2D eigenvalue weighted by Crippen LogP contribution is -1.98. The largest absolute Gasteiger partial charge is 0.320 e. The summed E-state index contributed by atoms with van der Waals surface area (Å²) in [6, 6.07) is 54.6. The molecule has 48 heavy (non-hydrogen) atoms. The van der Waals surface area contributed by atoms with E-state index in [0.717, 1.165) is 55.4 Å². The number of hydrogen-bond donors (Lipinski definition) is 0. The molecule has 0 saturated heterocycles. The molecule has 0 radical (unpaired) electrons. The minimum atomic E-state index is 0.349. The Kier molecular flexibility index (Phi) is 6.22. The molecule has 222 valence electrons. The Morgan fingerprint density at radius 2 is 0.896 bits per heavy atom. The number of hydrogen-bond acceptors (Lipinski definition) is 0. The molecule has 0 fully saturated rings. The van der Waals surface area contributed by atoms with Gasteiger partial charge in [0.15, 0.2) is 5.69 Å². The molecule has 2 heterocycles. The Morgan fingerprint density at radius 1 is 0.396 bits per heavy atom. The molecule has 0 aliphatic heterocycles. The Balaban J connectivity index is 1.21. The minimum absolute atomic E-state index is 0.349. The summed E-state index contributed by atoms with van der Waals surface area (Å²) in [5.74, 6) is 0. The van der Waals surface area contributed by atoms with E-state index in [2.05, 4.69) is 140 Å². The first kappa shape index (κ1) is 27.4. The van der Waals surface area contributed by atoms with Crippen molar-refractivity contribution in [2.24, 2.45) is 0 Å². The SMILES string of the molecule is [C-]#[N+]c1ccc(-c2cccc(-c3ccc(-n4c5ccccc5c5ccccc54)cc3)c2)c(-n2c3ccccc3c3ccccc32)c1[N+]#[C-]. The average Bonchev–Trinajstić information content (AvgIpc) is 3.67. The van der Waals surface area contributed by atoms with Gasteiger partial charge in [-0.1, -0.05) is 115 Å². The van der Waals surface area contributed by atoms with Gasteiger partial charge in [-0.3, -0.25) is 4.85 Å². The van der Waals surface area contributed by atoms with Crippen LogP contribution in [-0.2, 0) is 0 Å². The van der Waals surface area contributed by atoms with Gasteiger partial charge >= 0.3 is 0 Å². The molecule has 0 N–H and O–H groups in total. The molecule has 0 atom stereocenters. The molecule has 9 aromatic rings. The van der Waals surface area contributed by atoms with Crippen molar-refractivity contribution in [2.45, 2.75) is 0 Å². The van der Waals surface area contributed by atoms with Crippen molar-refractivity contribution in [2.75, 3.05) is 0 Å². The second-order valence-electron chi connectivity index (χ2n) is 11.9. The standard InChI is InChI=1S/C44H26N4/c1-45-38-27-26-33(44(43(38)46-2)48-41-20-9-5-16-36(41)37-17-6-10-21-42(37)48)31-13-11-12-30(28-31)29-22-24-32(25-23-29)47-39-18-7-3-14-34(39)35-15-4-8-19-40(35)47/h3-28H. The Bertz CT molecular complexity index is 2690. The Labute approximate surface area is 277 Å². The fourth-order valence-electron chi connectivity index (χ4n) is 7.26. The average molecular weight is 611 g/mol. The van der Waals surface area contributed by atoms with E-state index in [4.69, 9.17) is 13.1 Å². The summed E-state index contributed by atoms with van der Waals surface area (Å²) in [5, 5.41) is 4.71. The molecule has 2 aromatic heterocycles. The summed E-state index contributed by atoms with van der Waals surface area (Å²) in [6.45, 7) is 16.1. The van der Waals surface area contributed by atoms with Crippen LogP contribution in [0.15, 0.2) is 158 Å². The van der Waals surface area contributed by atoms with Crippen molar-refractivity contribution in [1.29, 1.82) is 0 Å². The van der Waals surface area contributed by atoms with Crippen molar-refractivity contribution in [3.63, 3.8) is 0 Å². The number of fused-ring (bicyclic) bond motifs is 6.